The van der Waals surface area contributed by atoms with Gasteiger partial charge in [0, 0.05) is 10.7 Å². The molecule has 2 rings (SSSR count). The second-order valence-electron chi connectivity index (χ2n) is 3.70. The lowest BCUT2D eigenvalue weighted by Gasteiger charge is -2.10. The Labute approximate surface area is 83.9 Å². The lowest BCUT2D eigenvalue weighted by Crippen LogP contribution is -1.95. The molecule has 70 valence electrons. The number of benzene rings is 1. The molecule has 0 saturated heterocycles. The fraction of sp³-hybridized carbons (Fsp3) is 0.455. The van der Waals surface area contributed by atoms with Crippen LogP contribution in [0, 0.1) is 0 Å². The van der Waals surface area contributed by atoms with Gasteiger partial charge in [0.05, 0.1) is 0 Å². The van der Waals surface area contributed by atoms with Crippen molar-refractivity contribution in [3.63, 3.8) is 0 Å². The Morgan fingerprint density at radius 2 is 2.15 bits per heavy atom. The van der Waals surface area contributed by atoms with E-state index >= 15 is 0 Å². The van der Waals surface area contributed by atoms with Crippen LogP contribution in [0.15, 0.2) is 12.1 Å². The first-order chi connectivity index (χ1) is 6.22. The Balaban J connectivity index is 2.50. The van der Waals surface area contributed by atoms with Gasteiger partial charge in [0.2, 0.25) is 0 Å². The van der Waals surface area contributed by atoms with Crippen LogP contribution in [-0.4, -0.2) is 0 Å². The van der Waals surface area contributed by atoms with Gasteiger partial charge in [-0.1, -0.05) is 18.5 Å². The van der Waals surface area contributed by atoms with Gasteiger partial charge < -0.3 is 5.73 Å². The van der Waals surface area contributed by atoms with Crippen LogP contribution in [0.5, 0.6) is 0 Å². The first kappa shape index (κ1) is 8.89. The van der Waals surface area contributed by atoms with Gasteiger partial charge in [-0.2, -0.15) is 0 Å². The van der Waals surface area contributed by atoms with Gasteiger partial charge in [-0.3, -0.25) is 0 Å². The molecule has 1 saturated carbocycles. The standard InChI is InChI=1S/C11H14ClN/c1-2-7-5-9(13)6-10(12)11(7)8-3-4-8/h5-6,8H,2-4,13H2,1H3. The summed E-state index contributed by atoms with van der Waals surface area (Å²) in [6, 6.07) is 3.92. The molecule has 1 aromatic carbocycles. The molecule has 0 aromatic heterocycles. The second kappa shape index (κ2) is 3.22. The Morgan fingerprint density at radius 3 is 2.69 bits per heavy atom. The van der Waals surface area contributed by atoms with Crippen LogP contribution in [0.1, 0.15) is 36.8 Å². The molecular weight excluding hydrogens is 182 g/mol. The Bertz CT molecular complexity index is 329. The van der Waals surface area contributed by atoms with Gasteiger partial charge in [0.25, 0.3) is 0 Å². The summed E-state index contributed by atoms with van der Waals surface area (Å²) in [5.74, 6) is 0.711. The van der Waals surface area contributed by atoms with Crippen LogP contribution < -0.4 is 5.73 Å². The van der Waals surface area contributed by atoms with Crippen molar-refractivity contribution >= 4 is 17.3 Å². The lowest BCUT2D eigenvalue weighted by molar-refractivity contribution is 1.03. The number of hydrogen-bond donors (Lipinski definition) is 1. The zero-order valence-electron chi connectivity index (χ0n) is 7.81. The maximum Gasteiger partial charge on any atom is 0.0464 e. The van der Waals surface area contributed by atoms with Crippen LogP contribution >= 0.6 is 11.6 Å². The molecule has 2 heteroatoms. The van der Waals surface area contributed by atoms with Gasteiger partial charge in [0.15, 0.2) is 0 Å². The summed E-state index contributed by atoms with van der Waals surface area (Å²) in [6.45, 7) is 2.15. The molecule has 1 fully saturated rings. The first-order valence-electron chi connectivity index (χ1n) is 4.80. The molecule has 1 aliphatic rings. The largest absolute Gasteiger partial charge is 0.399 e. The molecular formula is C11H14ClN. The summed E-state index contributed by atoms with van der Waals surface area (Å²) >= 11 is 6.17. The Hall–Kier alpha value is -0.690. The van der Waals surface area contributed by atoms with E-state index in [1.807, 2.05) is 6.07 Å². The highest BCUT2D eigenvalue weighted by atomic mass is 35.5. The summed E-state index contributed by atoms with van der Waals surface area (Å²) in [6.07, 6.45) is 3.60. The van der Waals surface area contributed by atoms with Gasteiger partial charge >= 0.3 is 0 Å². The van der Waals surface area contributed by atoms with Crippen molar-refractivity contribution in [3.05, 3.63) is 28.3 Å². The van der Waals surface area contributed by atoms with E-state index in [9.17, 15) is 0 Å². The van der Waals surface area contributed by atoms with Crippen molar-refractivity contribution in [1.82, 2.24) is 0 Å². The smallest absolute Gasteiger partial charge is 0.0464 e. The number of rotatable bonds is 2. The number of halogens is 1. The van der Waals surface area contributed by atoms with E-state index < -0.39 is 0 Å². The molecule has 1 aliphatic carbocycles. The summed E-state index contributed by atoms with van der Waals surface area (Å²) in [7, 11) is 0. The third-order valence-electron chi connectivity index (χ3n) is 2.60. The molecule has 0 radical (unpaired) electrons. The normalized spacial score (nSPS) is 16.2. The highest BCUT2D eigenvalue weighted by Gasteiger charge is 2.27. The molecule has 1 nitrogen and oxygen atoms in total. The highest BCUT2D eigenvalue weighted by Crippen LogP contribution is 2.45. The topological polar surface area (TPSA) is 26.0 Å². The summed E-state index contributed by atoms with van der Waals surface area (Å²) < 4.78 is 0. The van der Waals surface area contributed by atoms with Gasteiger partial charge in [-0.05, 0) is 48.4 Å². The SMILES string of the molecule is CCc1cc(N)cc(Cl)c1C1CC1. The molecule has 2 N–H and O–H groups in total. The van der Waals surface area contributed by atoms with Crippen LogP contribution in [0.2, 0.25) is 5.02 Å². The molecule has 0 bridgehead atoms. The molecule has 0 atom stereocenters. The van der Waals surface area contributed by atoms with E-state index in [2.05, 4.69) is 13.0 Å². The number of nitrogen functional groups attached to an aromatic ring is 1. The quantitative estimate of drug-likeness (QED) is 0.720. The van der Waals surface area contributed by atoms with Crippen LogP contribution in [0.3, 0.4) is 0 Å². The van der Waals surface area contributed by atoms with E-state index in [1.165, 1.54) is 24.0 Å². The number of anilines is 1. The molecule has 0 spiro atoms. The van der Waals surface area contributed by atoms with Crippen molar-refractivity contribution in [1.29, 1.82) is 0 Å². The third-order valence-corrected chi connectivity index (χ3v) is 2.92. The van der Waals surface area contributed by atoms with E-state index in [0.717, 1.165) is 17.1 Å². The Morgan fingerprint density at radius 1 is 1.46 bits per heavy atom. The van der Waals surface area contributed by atoms with Crippen LogP contribution in [0.25, 0.3) is 0 Å². The lowest BCUT2D eigenvalue weighted by atomic mass is 10.0. The predicted octanol–water partition coefficient (Wildman–Crippen LogP) is 3.36. The maximum atomic E-state index is 6.17. The summed E-state index contributed by atoms with van der Waals surface area (Å²) in [4.78, 5) is 0. The first-order valence-corrected chi connectivity index (χ1v) is 5.18. The average molecular weight is 196 g/mol. The Kier molecular flexibility index (Phi) is 2.20. The highest BCUT2D eigenvalue weighted by molar-refractivity contribution is 6.31. The van der Waals surface area contributed by atoms with Gasteiger partial charge in [0.1, 0.15) is 0 Å². The summed E-state index contributed by atoms with van der Waals surface area (Å²) in [5, 5.41) is 0.861. The van der Waals surface area contributed by atoms with E-state index in [1.54, 1.807) is 0 Å². The monoisotopic (exact) mass is 195 g/mol. The minimum absolute atomic E-state index is 0.711. The molecule has 1 aromatic rings. The van der Waals surface area contributed by atoms with Crippen molar-refractivity contribution in [2.75, 3.05) is 5.73 Å². The number of aryl methyl sites for hydroxylation is 1. The fourth-order valence-corrected chi connectivity index (χ4v) is 2.22. The van der Waals surface area contributed by atoms with Crippen molar-refractivity contribution in [2.45, 2.75) is 32.1 Å². The number of nitrogens with two attached hydrogens (primary N) is 1. The second-order valence-corrected chi connectivity index (χ2v) is 4.11. The van der Waals surface area contributed by atoms with Crippen LogP contribution in [0.4, 0.5) is 5.69 Å². The minimum atomic E-state index is 0.711. The van der Waals surface area contributed by atoms with Crippen molar-refractivity contribution in [3.8, 4) is 0 Å². The van der Waals surface area contributed by atoms with E-state index in [4.69, 9.17) is 17.3 Å². The third kappa shape index (κ3) is 1.66. The zero-order chi connectivity index (χ0) is 9.42. The summed E-state index contributed by atoms with van der Waals surface area (Å²) in [5.41, 5.74) is 9.20. The van der Waals surface area contributed by atoms with Crippen molar-refractivity contribution < 1.29 is 0 Å². The molecule has 0 heterocycles. The average Bonchev–Trinajstić information content (AvgIpc) is 2.86. The molecule has 13 heavy (non-hydrogen) atoms. The maximum absolute atomic E-state index is 6.17. The van der Waals surface area contributed by atoms with Crippen LogP contribution in [-0.2, 0) is 6.42 Å². The van der Waals surface area contributed by atoms with Gasteiger partial charge in [-0.15, -0.1) is 0 Å². The molecule has 0 amide bonds. The van der Waals surface area contributed by atoms with Crippen molar-refractivity contribution in [2.24, 2.45) is 0 Å². The minimum Gasteiger partial charge on any atom is -0.399 e. The predicted molar refractivity (Wildman–Crippen MR) is 57.2 cm³/mol. The van der Waals surface area contributed by atoms with Gasteiger partial charge in [-0.25, -0.2) is 0 Å². The zero-order valence-corrected chi connectivity index (χ0v) is 8.56. The van der Waals surface area contributed by atoms with E-state index in [0.29, 0.717) is 5.92 Å². The number of hydrogen-bond acceptors (Lipinski definition) is 1. The van der Waals surface area contributed by atoms with E-state index in [-0.39, 0.29) is 0 Å². The molecule has 0 aliphatic heterocycles. The molecule has 0 unspecified atom stereocenters. The fourth-order valence-electron chi connectivity index (χ4n) is 1.82.